The number of aromatic nitrogens is 1. The summed E-state index contributed by atoms with van der Waals surface area (Å²) < 4.78 is 38.2. The molecule has 0 saturated carbocycles. The number of hydrogen-bond acceptors (Lipinski definition) is 3. The molecule has 0 N–H and O–H groups in total. The molecule has 0 aliphatic rings. The van der Waals surface area contributed by atoms with E-state index in [0.717, 1.165) is 17.8 Å². The Balaban J connectivity index is 3.42. The molecule has 0 unspecified atom stereocenters. The van der Waals surface area contributed by atoms with Gasteiger partial charge in [-0.05, 0) is 13.0 Å². The largest absolute Gasteiger partial charge is 0.417 e. The molecule has 0 bridgehead atoms. The molecule has 6 heteroatoms. The monoisotopic (exact) mass is 260 g/mol. The first kappa shape index (κ1) is 13.8. The van der Waals surface area contributed by atoms with Gasteiger partial charge in [0.25, 0.3) is 0 Å². The van der Waals surface area contributed by atoms with Gasteiger partial charge in [-0.2, -0.15) is 18.4 Å². The Morgan fingerprint density at radius 1 is 1.41 bits per heavy atom. The van der Waals surface area contributed by atoms with Gasteiger partial charge in [-0.25, -0.2) is 4.98 Å². The minimum absolute atomic E-state index is 0.0671. The van der Waals surface area contributed by atoms with Crippen molar-refractivity contribution in [3.05, 3.63) is 22.9 Å². The minimum atomic E-state index is -4.52. The molecule has 0 aliphatic carbocycles. The average molecular weight is 260 g/mol. The summed E-state index contributed by atoms with van der Waals surface area (Å²) in [7, 11) is 0. The highest BCUT2D eigenvalue weighted by Crippen LogP contribution is 2.36. The fourth-order valence-corrected chi connectivity index (χ4v) is 2.20. The molecular formula is C11H11F3N2S. The van der Waals surface area contributed by atoms with E-state index in [1.54, 1.807) is 6.07 Å². The Morgan fingerprint density at radius 3 is 2.41 bits per heavy atom. The predicted molar refractivity (Wildman–Crippen MR) is 59.7 cm³/mol. The number of hydrogen-bond donors (Lipinski definition) is 0. The molecule has 0 aliphatic heterocycles. The van der Waals surface area contributed by atoms with Crippen molar-refractivity contribution in [3.63, 3.8) is 0 Å². The molecule has 1 aromatic rings. The predicted octanol–water partition coefficient (Wildman–Crippen LogP) is 3.78. The zero-order chi connectivity index (χ0) is 13.2. The van der Waals surface area contributed by atoms with Gasteiger partial charge in [-0.15, -0.1) is 11.8 Å². The summed E-state index contributed by atoms with van der Waals surface area (Å²) >= 11 is 1.16. The van der Waals surface area contributed by atoms with Crippen molar-refractivity contribution < 1.29 is 13.2 Å². The summed E-state index contributed by atoms with van der Waals surface area (Å²) in [5.41, 5.74) is -1.03. The molecule has 2 nitrogen and oxygen atoms in total. The second-order valence-electron chi connectivity index (χ2n) is 3.77. The van der Waals surface area contributed by atoms with E-state index >= 15 is 0 Å². The number of pyridine rings is 1. The van der Waals surface area contributed by atoms with Gasteiger partial charge in [0.05, 0.1) is 11.1 Å². The van der Waals surface area contributed by atoms with Crippen LogP contribution in [0.2, 0.25) is 0 Å². The number of nitrogens with zero attached hydrogens (tertiary/aromatic N) is 2. The number of aryl methyl sites for hydroxylation is 1. The second-order valence-corrected chi connectivity index (χ2v) is 5.33. The molecule has 0 aromatic carbocycles. The van der Waals surface area contributed by atoms with Crippen LogP contribution in [0.1, 0.15) is 30.7 Å². The van der Waals surface area contributed by atoms with Gasteiger partial charge >= 0.3 is 6.18 Å². The average Bonchev–Trinajstić information content (AvgIpc) is 2.14. The minimum Gasteiger partial charge on any atom is -0.245 e. The van der Waals surface area contributed by atoms with Crippen LogP contribution in [0.25, 0.3) is 0 Å². The van der Waals surface area contributed by atoms with E-state index in [9.17, 15) is 13.2 Å². The summed E-state index contributed by atoms with van der Waals surface area (Å²) in [6, 6.07) is 2.51. The molecule has 17 heavy (non-hydrogen) atoms. The third-order valence-electron chi connectivity index (χ3n) is 1.88. The van der Waals surface area contributed by atoms with Crippen molar-refractivity contribution in [2.45, 2.75) is 37.2 Å². The van der Waals surface area contributed by atoms with Crippen molar-refractivity contribution in [3.8, 4) is 6.07 Å². The summed E-state index contributed by atoms with van der Waals surface area (Å²) in [6.07, 6.45) is -4.52. The van der Waals surface area contributed by atoms with E-state index in [1.165, 1.54) is 6.92 Å². The van der Waals surface area contributed by atoms with Gasteiger partial charge < -0.3 is 0 Å². The zero-order valence-corrected chi connectivity index (χ0v) is 10.4. The fraction of sp³-hybridized carbons (Fsp3) is 0.455. The maximum atomic E-state index is 12.7. The van der Waals surface area contributed by atoms with Crippen LogP contribution >= 0.6 is 11.8 Å². The summed E-state index contributed by atoms with van der Waals surface area (Å²) in [6.45, 7) is 5.16. The SMILES string of the molecule is Cc1cc(C(F)(F)F)c(C#N)c(SC(C)C)n1. The van der Waals surface area contributed by atoms with Gasteiger partial charge in [0.2, 0.25) is 0 Å². The number of rotatable bonds is 2. The highest BCUT2D eigenvalue weighted by Gasteiger charge is 2.35. The van der Waals surface area contributed by atoms with Gasteiger partial charge in [0.15, 0.2) is 0 Å². The van der Waals surface area contributed by atoms with Crippen molar-refractivity contribution in [2.75, 3.05) is 0 Å². The van der Waals surface area contributed by atoms with Crippen molar-refractivity contribution in [1.82, 2.24) is 4.98 Å². The quantitative estimate of drug-likeness (QED) is 0.759. The first-order valence-electron chi connectivity index (χ1n) is 4.91. The van der Waals surface area contributed by atoms with E-state index in [0.29, 0.717) is 0 Å². The van der Waals surface area contributed by atoms with Crippen LogP contribution in [0, 0.1) is 18.3 Å². The summed E-state index contributed by atoms with van der Waals surface area (Å²) in [5, 5.41) is 9.08. The normalized spacial score (nSPS) is 11.6. The molecule has 0 amide bonds. The van der Waals surface area contributed by atoms with Crippen molar-refractivity contribution in [1.29, 1.82) is 5.26 Å². The topological polar surface area (TPSA) is 36.7 Å². The third-order valence-corrected chi connectivity index (χ3v) is 2.87. The van der Waals surface area contributed by atoms with Crippen LogP contribution in [-0.2, 0) is 6.18 Å². The lowest BCUT2D eigenvalue weighted by Gasteiger charge is -2.13. The highest BCUT2D eigenvalue weighted by molar-refractivity contribution is 7.99. The van der Waals surface area contributed by atoms with Crippen LogP contribution in [-0.4, -0.2) is 10.2 Å². The molecule has 1 aromatic heterocycles. The highest BCUT2D eigenvalue weighted by atomic mass is 32.2. The zero-order valence-electron chi connectivity index (χ0n) is 9.59. The van der Waals surface area contributed by atoms with Gasteiger partial charge in [-0.3, -0.25) is 0 Å². The molecule has 1 rings (SSSR count). The molecule has 0 radical (unpaired) electrons. The van der Waals surface area contributed by atoms with Crippen LogP contribution in [0.3, 0.4) is 0 Å². The second kappa shape index (κ2) is 4.96. The Labute approximate surface area is 102 Å². The lowest BCUT2D eigenvalue weighted by Crippen LogP contribution is -2.11. The van der Waals surface area contributed by atoms with Gasteiger partial charge in [0, 0.05) is 10.9 Å². The third kappa shape index (κ3) is 3.37. The Kier molecular flexibility index (Phi) is 4.04. The number of alkyl halides is 3. The van der Waals surface area contributed by atoms with Crippen LogP contribution in [0.4, 0.5) is 13.2 Å². The summed E-state index contributed by atoms with van der Waals surface area (Å²) in [4.78, 5) is 4.00. The maximum absolute atomic E-state index is 12.7. The molecule has 0 fully saturated rings. The standard InChI is InChI=1S/C11H11F3N2S/c1-6(2)17-10-8(5-15)9(11(12,13)14)4-7(3)16-10/h4,6H,1-3H3. The van der Waals surface area contributed by atoms with E-state index in [-0.39, 0.29) is 21.5 Å². The Hall–Kier alpha value is -1.22. The Bertz CT molecular complexity index is 461. The molecule has 0 atom stereocenters. The maximum Gasteiger partial charge on any atom is 0.417 e. The van der Waals surface area contributed by atoms with Crippen molar-refractivity contribution >= 4 is 11.8 Å². The van der Waals surface area contributed by atoms with Crippen LogP contribution < -0.4 is 0 Å². The molecule has 0 spiro atoms. The molecule has 1 heterocycles. The van der Waals surface area contributed by atoms with Gasteiger partial charge in [0.1, 0.15) is 11.1 Å². The molecule has 92 valence electrons. The van der Waals surface area contributed by atoms with Crippen LogP contribution in [0.5, 0.6) is 0 Å². The lowest BCUT2D eigenvalue weighted by atomic mass is 10.1. The van der Waals surface area contributed by atoms with E-state index in [1.807, 2.05) is 13.8 Å². The van der Waals surface area contributed by atoms with E-state index in [2.05, 4.69) is 4.98 Å². The number of halogens is 3. The fourth-order valence-electron chi connectivity index (χ4n) is 1.28. The molecular weight excluding hydrogens is 249 g/mol. The van der Waals surface area contributed by atoms with Crippen molar-refractivity contribution in [2.24, 2.45) is 0 Å². The number of nitriles is 1. The summed E-state index contributed by atoms with van der Waals surface area (Å²) in [5.74, 6) is 0. The van der Waals surface area contributed by atoms with E-state index < -0.39 is 11.7 Å². The molecule has 0 saturated heterocycles. The first-order chi connectivity index (χ1) is 7.75. The van der Waals surface area contributed by atoms with Gasteiger partial charge in [-0.1, -0.05) is 13.8 Å². The lowest BCUT2D eigenvalue weighted by molar-refractivity contribution is -0.138. The first-order valence-corrected chi connectivity index (χ1v) is 5.79. The Morgan fingerprint density at radius 2 is 2.00 bits per heavy atom. The number of thioether (sulfide) groups is 1. The van der Waals surface area contributed by atoms with E-state index in [4.69, 9.17) is 5.26 Å². The van der Waals surface area contributed by atoms with Crippen LogP contribution in [0.15, 0.2) is 11.1 Å². The smallest absolute Gasteiger partial charge is 0.245 e.